The van der Waals surface area contributed by atoms with Gasteiger partial charge in [-0.15, -0.1) is 0 Å². The van der Waals surface area contributed by atoms with Gasteiger partial charge in [-0.05, 0) is 40.0 Å². The van der Waals surface area contributed by atoms with Gasteiger partial charge in [-0.3, -0.25) is 33.3 Å². The molecule has 0 radical (unpaired) electrons. The van der Waals surface area contributed by atoms with Gasteiger partial charge in [-0.1, -0.05) is 168 Å². The number of carbonyl (C=O) groups excluding carboxylic acids is 7. The molecule has 14 N–H and O–H groups in total. The minimum Gasteiger partial charge on any atom is -0.456 e. The number of nitrogens with zero attached hydrogens (tertiary/aromatic N) is 1. The van der Waals surface area contributed by atoms with Gasteiger partial charge in [0.1, 0.15) is 24.4 Å². The number of esters is 4. The largest absolute Gasteiger partial charge is 0.456 e. The minimum atomic E-state index is -2.73. The lowest BCUT2D eigenvalue weighted by Gasteiger charge is -2.46. The number of primary amides is 1. The number of ether oxygens (including phenoxy) is 5. The van der Waals surface area contributed by atoms with E-state index in [-0.39, 0.29) is 26.0 Å². The summed E-state index contributed by atoms with van der Waals surface area (Å²) in [6.45, 7) is 7.46. The van der Waals surface area contributed by atoms with E-state index in [2.05, 4.69) is 23.7 Å². The van der Waals surface area contributed by atoms with E-state index < -0.39 is 149 Å². The standard InChI is InChI=1S/C57H105N5O16.C2H8NO3P/c1-7-9-11-13-15-17-19-21-23-25-27-29-31-33-46(66)75-45(39-64)52(77-47(67)34-32-30-28-26-24-22-20-18-16-14-12-10-8-2)57(6,56(73)78-48(68)36-35-43(53(60)70)61-54(71)41(4)58)62(42(5)65)37-40(3)74-51-49(59)55(72)76-44(38-63)50(51)69;3-1-2-6-7(4)5/h40-41,43-45,49-52,55,63-64,69,72H,7-39,58-59H2,1-6H3,(H2,60,70)(H,61,71);7H,1-3H2,(H,4,5)/t40?,41-,43-,44+,45-,49+,50+,51+,52?,55-,57+;/m0./s1. The van der Waals surface area contributed by atoms with E-state index in [1.807, 2.05) is 0 Å². The molecule has 0 spiro atoms. The summed E-state index contributed by atoms with van der Waals surface area (Å²) in [6.07, 6.45) is 15.2. The molecule has 3 unspecified atom stereocenters. The Kier molecular flexibility index (Phi) is 47.0. The monoisotopic (exact) mass is 1240 g/mol. The van der Waals surface area contributed by atoms with E-state index in [1.54, 1.807) is 0 Å². The van der Waals surface area contributed by atoms with E-state index >= 15 is 0 Å². The maximum Gasteiger partial charge on any atom is 0.343 e. The highest BCUT2D eigenvalue weighted by atomic mass is 31.1. The lowest BCUT2D eigenvalue weighted by molar-refractivity contribution is -0.264. The van der Waals surface area contributed by atoms with E-state index in [1.165, 1.54) is 104 Å². The topological polar surface area (TPSA) is 412 Å². The summed E-state index contributed by atoms with van der Waals surface area (Å²) in [5, 5.41) is 44.7. The molecule has 0 aliphatic carbocycles. The van der Waals surface area contributed by atoms with Crippen molar-refractivity contribution in [1.82, 2.24) is 10.2 Å². The van der Waals surface area contributed by atoms with Crippen LogP contribution < -0.4 is 28.3 Å². The number of hydrogen-bond donors (Lipinski definition) is 10. The Morgan fingerprint density at radius 1 is 0.706 bits per heavy atom. The van der Waals surface area contributed by atoms with Crippen LogP contribution >= 0.6 is 8.25 Å². The number of amides is 3. The first-order valence-electron chi connectivity index (χ1n) is 31.4. The maximum atomic E-state index is 14.9. The molecular weight excluding hydrogens is 1130 g/mol. The second-order valence-corrected chi connectivity index (χ2v) is 23.4. The third-order valence-corrected chi connectivity index (χ3v) is 15.4. The Morgan fingerprint density at radius 3 is 1.53 bits per heavy atom. The van der Waals surface area contributed by atoms with Crippen molar-refractivity contribution < 1.29 is 91.7 Å². The highest BCUT2D eigenvalue weighted by Crippen LogP contribution is 2.32. The van der Waals surface area contributed by atoms with Crippen molar-refractivity contribution in [2.75, 3.05) is 32.9 Å². The number of rotatable bonds is 49. The molecule has 1 saturated heterocycles. The molecule has 0 aromatic rings. The normalized spacial score (nSPS) is 19.6. The van der Waals surface area contributed by atoms with Gasteiger partial charge in [-0.25, -0.2) is 4.79 Å². The second-order valence-electron chi connectivity index (χ2n) is 22.6. The average Bonchev–Trinajstić information content (AvgIpc) is 2.22. The van der Waals surface area contributed by atoms with Crippen molar-refractivity contribution in [3.63, 3.8) is 0 Å². The number of nitrogens with two attached hydrogens (primary N) is 4. The summed E-state index contributed by atoms with van der Waals surface area (Å²) < 4.78 is 42.4. The maximum absolute atomic E-state index is 14.9. The predicted octanol–water partition coefficient (Wildman–Crippen LogP) is 5.05. The van der Waals surface area contributed by atoms with Crippen LogP contribution in [0.3, 0.4) is 0 Å². The fourth-order valence-corrected chi connectivity index (χ4v) is 10.2. The number of aliphatic hydroxyl groups excluding tert-OH is 4. The summed E-state index contributed by atoms with van der Waals surface area (Å²) in [5.74, 6) is -7.09. The van der Waals surface area contributed by atoms with Crippen LogP contribution in [0.5, 0.6) is 0 Å². The number of carbonyl (C=O) groups is 7. The molecule has 0 aromatic carbocycles. The Bertz CT molecular complexity index is 1880. The van der Waals surface area contributed by atoms with Crippen LogP contribution in [0.4, 0.5) is 0 Å². The van der Waals surface area contributed by atoms with Crippen molar-refractivity contribution in [2.24, 2.45) is 22.9 Å². The van der Waals surface area contributed by atoms with Gasteiger partial charge in [0.25, 0.3) is 0 Å². The van der Waals surface area contributed by atoms with Crippen molar-refractivity contribution in [3.05, 3.63) is 0 Å². The van der Waals surface area contributed by atoms with Gasteiger partial charge in [0.15, 0.2) is 24.0 Å². The summed E-state index contributed by atoms with van der Waals surface area (Å²) in [5.41, 5.74) is 19.6. The predicted molar refractivity (Wildman–Crippen MR) is 321 cm³/mol. The number of hydrogen-bond acceptors (Lipinski definition) is 21. The average molecular weight is 1240 g/mol. The van der Waals surface area contributed by atoms with Crippen molar-refractivity contribution in [1.29, 1.82) is 0 Å². The zero-order chi connectivity index (χ0) is 64.2. The zero-order valence-electron chi connectivity index (χ0n) is 52.2. The lowest BCUT2D eigenvalue weighted by Crippen LogP contribution is -2.68. The Hall–Kier alpha value is -3.72. The quantitative estimate of drug-likeness (QED) is 0.0125. The molecule has 1 rings (SSSR count). The molecule has 26 heteroatoms. The molecule has 25 nitrogen and oxygen atoms in total. The van der Waals surface area contributed by atoms with Crippen LogP contribution in [0.2, 0.25) is 0 Å². The van der Waals surface area contributed by atoms with E-state index in [0.717, 1.165) is 70.1 Å². The molecule has 0 bridgehead atoms. The lowest BCUT2D eigenvalue weighted by atomic mass is 9.87. The molecule has 0 saturated carbocycles. The molecule has 1 fully saturated rings. The van der Waals surface area contributed by atoms with Crippen molar-refractivity contribution >= 4 is 49.9 Å². The molecule has 1 heterocycles. The molecule has 3 amide bonds. The minimum absolute atomic E-state index is 0.0936. The van der Waals surface area contributed by atoms with Gasteiger partial charge < -0.3 is 86.7 Å². The summed E-state index contributed by atoms with van der Waals surface area (Å²) in [7, 11) is -2.73. The van der Waals surface area contributed by atoms with Crippen LogP contribution in [0.25, 0.3) is 0 Å². The fourth-order valence-electron chi connectivity index (χ4n) is 9.87. The van der Waals surface area contributed by atoms with Gasteiger partial charge in [-0.2, -0.15) is 0 Å². The fraction of sp³-hybridized carbons (Fsp3) is 0.881. The highest BCUT2D eigenvalue weighted by molar-refractivity contribution is 7.32. The Balaban J connectivity index is 0.00000942. The molecule has 1 aliphatic rings. The summed E-state index contributed by atoms with van der Waals surface area (Å²) >= 11 is 0. The molecule has 498 valence electrons. The van der Waals surface area contributed by atoms with Gasteiger partial charge in [0.2, 0.25) is 17.7 Å². The van der Waals surface area contributed by atoms with Gasteiger partial charge in [0, 0.05) is 39.3 Å². The van der Waals surface area contributed by atoms with Crippen LogP contribution in [0, 0.1) is 0 Å². The van der Waals surface area contributed by atoms with Crippen LogP contribution in [0.1, 0.15) is 234 Å². The van der Waals surface area contributed by atoms with E-state index in [4.69, 9.17) is 51.5 Å². The van der Waals surface area contributed by atoms with Crippen molar-refractivity contribution in [3.8, 4) is 0 Å². The van der Waals surface area contributed by atoms with E-state index in [0.29, 0.717) is 25.7 Å². The smallest absolute Gasteiger partial charge is 0.343 e. The van der Waals surface area contributed by atoms with Crippen LogP contribution in [0.15, 0.2) is 0 Å². The first-order valence-corrected chi connectivity index (χ1v) is 32.7. The Labute approximate surface area is 506 Å². The zero-order valence-corrected chi connectivity index (χ0v) is 53.2. The number of aliphatic hydroxyl groups is 4. The van der Waals surface area contributed by atoms with Crippen LogP contribution in [-0.4, -0.2) is 171 Å². The molecular formula is C59H113N6O19P. The van der Waals surface area contributed by atoms with Crippen molar-refractivity contribution in [2.45, 2.75) is 301 Å². The number of unbranched alkanes of at least 4 members (excludes halogenated alkanes) is 24. The summed E-state index contributed by atoms with van der Waals surface area (Å²) in [6, 6.07) is -3.81. The third-order valence-electron chi connectivity index (χ3n) is 14.9. The van der Waals surface area contributed by atoms with E-state index in [9.17, 15) is 58.6 Å². The second kappa shape index (κ2) is 49.2. The highest BCUT2D eigenvalue weighted by Gasteiger charge is 2.57. The molecule has 85 heavy (non-hydrogen) atoms. The van der Waals surface area contributed by atoms with Gasteiger partial charge in [0.05, 0.1) is 38.0 Å². The van der Waals surface area contributed by atoms with Crippen LogP contribution in [-0.2, 0) is 66.3 Å². The third kappa shape index (κ3) is 35.8. The molecule has 1 aliphatic heterocycles. The SMILES string of the molecule is CCCCCCCCCCCCCCCC(=O)OC([C@H](CO)OC(=O)CCCCCCCCCCCCCCC)[C@](C)(C(=O)OC(=O)CC[C@H](NC(=O)[C@H](C)N)C(N)=O)N(CC(C)O[C@@H]1[C@@H](N)[C@@H](O)O[C@H](CO)[C@H]1O)C(C)=O.NCCO[PH](=O)O. The first-order chi connectivity index (χ1) is 40.5. The first kappa shape index (κ1) is 81.3. The van der Waals surface area contributed by atoms with Gasteiger partial charge >= 0.3 is 32.1 Å². The number of nitrogens with one attached hydrogen (secondary N) is 1. The Morgan fingerprint density at radius 2 is 1.15 bits per heavy atom. The molecule has 12 atom stereocenters. The summed E-state index contributed by atoms with van der Waals surface area (Å²) in [4.78, 5) is 104. The molecule has 0 aromatic heterocycles.